The summed E-state index contributed by atoms with van der Waals surface area (Å²) in [4.78, 5) is 17.4. The molecule has 0 radical (unpaired) electrons. The van der Waals surface area contributed by atoms with Gasteiger partial charge in [-0.15, -0.1) is 0 Å². The number of aromatic nitrogens is 1. The Morgan fingerprint density at radius 1 is 1.42 bits per heavy atom. The number of carboxylic acids is 1. The quantitative estimate of drug-likeness (QED) is 0.906. The monoisotopic (exact) mass is 262 g/mol. The highest BCUT2D eigenvalue weighted by Gasteiger charge is 2.19. The first-order valence-corrected chi connectivity index (χ1v) is 6.99. The molecule has 1 aliphatic carbocycles. The first-order chi connectivity index (χ1) is 9.08. The summed E-state index contributed by atoms with van der Waals surface area (Å²) in [5.74, 6) is -0.216. The maximum Gasteiger partial charge on any atom is 0.339 e. The van der Waals surface area contributed by atoms with Crippen molar-refractivity contribution in [3.05, 3.63) is 23.5 Å². The van der Waals surface area contributed by atoms with Gasteiger partial charge in [-0.05, 0) is 31.7 Å². The second-order valence-electron chi connectivity index (χ2n) is 5.53. The summed E-state index contributed by atoms with van der Waals surface area (Å²) in [6, 6.07) is 1.87. The van der Waals surface area contributed by atoms with E-state index in [0.717, 1.165) is 17.9 Å². The van der Waals surface area contributed by atoms with Crippen LogP contribution in [0.25, 0.3) is 0 Å². The number of aryl methyl sites for hydroxylation is 1. The largest absolute Gasteiger partial charge is 0.478 e. The zero-order valence-electron chi connectivity index (χ0n) is 11.7. The van der Waals surface area contributed by atoms with Crippen LogP contribution in [0.4, 0.5) is 5.69 Å². The lowest BCUT2D eigenvalue weighted by Crippen LogP contribution is -2.28. The summed E-state index contributed by atoms with van der Waals surface area (Å²) >= 11 is 0. The van der Waals surface area contributed by atoms with Gasteiger partial charge in [0.05, 0.1) is 5.69 Å². The van der Waals surface area contributed by atoms with Crippen LogP contribution in [0.5, 0.6) is 0 Å². The fourth-order valence-electron chi connectivity index (χ4n) is 2.88. The van der Waals surface area contributed by atoms with Crippen LogP contribution >= 0.6 is 0 Å². The van der Waals surface area contributed by atoms with Gasteiger partial charge in [0, 0.05) is 25.5 Å². The van der Waals surface area contributed by atoms with Gasteiger partial charge >= 0.3 is 5.97 Å². The summed E-state index contributed by atoms with van der Waals surface area (Å²) < 4.78 is 0. The number of nitrogens with zero attached hydrogens (tertiary/aromatic N) is 2. The van der Waals surface area contributed by atoms with Crippen molar-refractivity contribution in [3.8, 4) is 0 Å². The second kappa shape index (κ2) is 6.04. The van der Waals surface area contributed by atoms with Crippen LogP contribution in [0.1, 0.15) is 48.2 Å². The molecule has 2 rings (SSSR count). The highest BCUT2D eigenvalue weighted by Crippen LogP contribution is 2.27. The van der Waals surface area contributed by atoms with E-state index < -0.39 is 5.97 Å². The van der Waals surface area contributed by atoms with Crippen molar-refractivity contribution in [1.82, 2.24) is 4.98 Å². The molecule has 0 saturated heterocycles. The Kier molecular flexibility index (Phi) is 4.40. The number of rotatable bonds is 4. The van der Waals surface area contributed by atoms with Crippen molar-refractivity contribution >= 4 is 11.7 Å². The van der Waals surface area contributed by atoms with Crippen molar-refractivity contribution in [2.24, 2.45) is 5.92 Å². The van der Waals surface area contributed by atoms with Gasteiger partial charge in [-0.25, -0.2) is 4.79 Å². The normalized spacial score (nSPS) is 16.3. The second-order valence-corrected chi connectivity index (χ2v) is 5.53. The Morgan fingerprint density at radius 2 is 2.11 bits per heavy atom. The third-order valence-corrected chi connectivity index (χ3v) is 3.92. The molecule has 4 nitrogen and oxygen atoms in total. The predicted octanol–water partition coefficient (Wildman–Crippen LogP) is 3.10. The van der Waals surface area contributed by atoms with Crippen molar-refractivity contribution in [2.45, 2.75) is 39.0 Å². The van der Waals surface area contributed by atoms with Gasteiger partial charge in [-0.3, -0.25) is 4.98 Å². The number of aromatic carboxylic acids is 1. The van der Waals surface area contributed by atoms with Gasteiger partial charge in [-0.2, -0.15) is 0 Å². The van der Waals surface area contributed by atoms with Crippen LogP contribution in [0, 0.1) is 12.8 Å². The lowest BCUT2D eigenvalue weighted by atomic mass is 9.89. The molecule has 1 fully saturated rings. The first kappa shape index (κ1) is 13.8. The lowest BCUT2D eigenvalue weighted by molar-refractivity contribution is 0.0697. The van der Waals surface area contributed by atoms with E-state index in [1.165, 1.54) is 38.3 Å². The molecule has 4 heteroatoms. The Bertz CT molecular complexity index is 453. The maximum atomic E-state index is 11.3. The van der Waals surface area contributed by atoms with Crippen LogP contribution in [-0.2, 0) is 0 Å². The van der Waals surface area contributed by atoms with E-state index in [2.05, 4.69) is 9.88 Å². The topological polar surface area (TPSA) is 53.4 Å². The fourth-order valence-corrected chi connectivity index (χ4v) is 2.88. The molecule has 19 heavy (non-hydrogen) atoms. The average molecular weight is 262 g/mol. The van der Waals surface area contributed by atoms with E-state index >= 15 is 0 Å². The number of pyridine rings is 1. The zero-order chi connectivity index (χ0) is 13.8. The smallest absolute Gasteiger partial charge is 0.339 e. The molecule has 1 aliphatic rings. The summed E-state index contributed by atoms with van der Waals surface area (Å²) in [5, 5.41) is 9.24. The summed E-state index contributed by atoms with van der Waals surface area (Å²) in [7, 11) is 1.98. The van der Waals surface area contributed by atoms with Gasteiger partial charge in [-0.1, -0.05) is 19.3 Å². The molecule has 0 bridgehead atoms. The molecular weight excluding hydrogens is 240 g/mol. The Morgan fingerprint density at radius 3 is 2.74 bits per heavy atom. The van der Waals surface area contributed by atoms with Crippen LogP contribution in [-0.4, -0.2) is 29.7 Å². The molecule has 0 amide bonds. The van der Waals surface area contributed by atoms with Crippen LogP contribution in [0.2, 0.25) is 0 Å². The van der Waals surface area contributed by atoms with Gasteiger partial charge in [0.15, 0.2) is 0 Å². The third-order valence-electron chi connectivity index (χ3n) is 3.92. The van der Waals surface area contributed by atoms with E-state index in [4.69, 9.17) is 0 Å². The Hall–Kier alpha value is -1.58. The van der Waals surface area contributed by atoms with E-state index in [0.29, 0.717) is 11.5 Å². The molecule has 0 aliphatic heterocycles. The summed E-state index contributed by atoms with van der Waals surface area (Å²) in [6.45, 7) is 2.83. The minimum Gasteiger partial charge on any atom is -0.478 e. The molecule has 1 aromatic heterocycles. The molecular formula is C15H22N2O2. The third kappa shape index (κ3) is 3.46. The molecule has 0 aromatic carbocycles. The SMILES string of the molecule is Cc1cc(N(C)CC2CCCCC2)c(C(=O)O)cn1. The highest BCUT2D eigenvalue weighted by molar-refractivity contribution is 5.94. The number of hydrogen-bond donors (Lipinski definition) is 1. The Balaban J connectivity index is 2.14. The van der Waals surface area contributed by atoms with E-state index in [1.54, 1.807) is 0 Å². The first-order valence-electron chi connectivity index (χ1n) is 6.99. The fraction of sp³-hybridized carbons (Fsp3) is 0.600. The molecule has 0 atom stereocenters. The molecule has 104 valence electrons. The Labute approximate surface area is 114 Å². The molecule has 0 spiro atoms. The van der Waals surface area contributed by atoms with E-state index in [-0.39, 0.29) is 0 Å². The minimum absolute atomic E-state index is 0.295. The van der Waals surface area contributed by atoms with Gasteiger partial charge in [0.25, 0.3) is 0 Å². The molecule has 1 N–H and O–H groups in total. The standard InChI is InChI=1S/C15H22N2O2/c1-11-8-14(13(9-16-11)15(18)19)17(2)10-12-6-4-3-5-7-12/h8-9,12H,3-7,10H2,1-2H3,(H,18,19). The van der Waals surface area contributed by atoms with Gasteiger partial charge < -0.3 is 10.0 Å². The van der Waals surface area contributed by atoms with Crippen molar-refractivity contribution < 1.29 is 9.90 Å². The number of carboxylic acid groups (broad SMARTS) is 1. The van der Waals surface area contributed by atoms with E-state index in [9.17, 15) is 9.90 Å². The molecule has 0 unspecified atom stereocenters. The average Bonchev–Trinajstić information content (AvgIpc) is 2.39. The van der Waals surface area contributed by atoms with Gasteiger partial charge in [0.2, 0.25) is 0 Å². The van der Waals surface area contributed by atoms with Crippen molar-refractivity contribution in [3.63, 3.8) is 0 Å². The lowest BCUT2D eigenvalue weighted by Gasteiger charge is -2.29. The maximum absolute atomic E-state index is 11.3. The molecule has 1 aromatic rings. The van der Waals surface area contributed by atoms with Crippen molar-refractivity contribution in [2.75, 3.05) is 18.5 Å². The van der Waals surface area contributed by atoms with Crippen molar-refractivity contribution in [1.29, 1.82) is 0 Å². The predicted molar refractivity (Wildman–Crippen MR) is 75.8 cm³/mol. The summed E-state index contributed by atoms with van der Waals surface area (Å²) in [5.41, 5.74) is 1.94. The number of anilines is 1. The summed E-state index contributed by atoms with van der Waals surface area (Å²) in [6.07, 6.45) is 7.94. The van der Waals surface area contributed by atoms with E-state index in [1.807, 2.05) is 20.0 Å². The highest BCUT2D eigenvalue weighted by atomic mass is 16.4. The van der Waals surface area contributed by atoms with Crippen LogP contribution in [0.15, 0.2) is 12.3 Å². The van der Waals surface area contributed by atoms with Crippen LogP contribution < -0.4 is 4.90 Å². The minimum atomic E-state index is -0.905. The molecule has 1 saturated carbocycles. The zero-order valence-corrected chi connectivity index (χ0v) is 11.7. The number of hydrogen-bond acceptors (Lipinski definition) is 3. The number of carbonyl (C=O) groups is 1. The molecule has 1 heterocycles. The van der Waals surface area contributed by atoms with Gasteiger partial charge in [0.1, 0.15) is 5.56 Å². The van der Waals surface area contributed by atoms with Crippen LogP contribution in [0.3, 0.4) is 0 Å².